The predicted octanol–water partition coefficient (Wildman–Crippen LogP) is 0.934. The SMILES string of the molecule is CNC(=O)c1cccc(CNC(=O)c2csc(CCN)n2)c1. The molecule has 0 saturated heterocycles. The Morgan fingerprint density at radius 3 is 2.86 bits per heavy atom. The maximum absolute atomic E-state index is 12.0. The van der Waals surface area contributed by atoms with Gasteiger partial charge >= 0.3 is 0 Å². The van der Waals surface area contributed by atoms with Gasteiger partial charge in [-0.2, -0.15) is 0 Å². The number of carbonyl (C=O) groups excluding carboxylic acids is 2. The smallest absolute Gasteiger partial charge is 0.271 e. The summed E-state index contributed by atoms with van der Waals surface area (Å²) in [7, 11) is 1.58. The molecular weight excluding hydrogens is 300 g/mol. The van der Waals surface area contributed by atoms with Gasteiger partial charge in [0.05, 0.1) is 5.01 Å². The highest BCUT2D eigenvalue weighted by atomic mass is 32.1. The Hall–Kier alpha value is -2.25. The average Bonchev–Trinajstić information content (AvgIpc) is 3.01. The van der Waals surface area contributed by atoms with Crippen molar-refractivity contribution >= 4 is 23.2 Å². The molecule has 0 saturated carbocycles. The normalized spacial score (nSPS) is 10.3. The van der Waals surface area contributed by atoms with Crippen molar-refractivity contribution in [3.63, 3.8) is 0 Å². The lowest BCUT2D eigenvalue weighted by atomic mass is 10.1. The summed E-state index contributed by atoms with van der Waals surface area (Å²) in [5, 5.41) is 7.95. The average molecular weight is 318 g/mol. The van der Waals surface area contributed by atoms with E-state index in [9.17, 15) is 9.59 Å². The Labute approximate surface area is 132 Å². The molecule has 2 amide bonds. The van der Waals surface area contributed by atoms with Gasteiger partial charge in [0.25, 0.3) is 11.8 Å². The van der Waals surface area contributed by atoms with Crippen LogP contribution in [0.5, 0.6) is 0 Å². The Kier molecular flexibility index (Phi) is 5.62. The van der Waals surface area contributed by atoms with Crippen molar-refractivity contribution in [2.75, 3.05) is 13.6 Å². The largest absolute Gasteiger partial charge is 0.355 e. The van der Waals surface area contributed by atoms with E-state index < -0.39 is 0 Å². The molecule has 0 aliphatic rings. The predicted molar refractivity (Wildman–Crippen MR) is 85.9 cm³/mol. The van der Waals surface area contributed by atoms with Gasteiger partial charge in [0.1, 0.15) is 5.69 Å². The first-order valence-corrected chi connectivity index (χ1v) is 7.75. The third kappa shape index (κ3) is 4.12. The van der Waals surface area contributed by atoms with Crippen molar-refractivity contribution in [3.05, 3.63) is 51.5 Å². The van der Waals surface area contributed by atoms with Crippen LogP contribution in [0.2, 0.25) is 0 Å². The number of nitrogens with one attached hydrogen (secondary N) is 2. The van der Waals surface area contributed by atoms with Gasteiger partial charge in [0.15, 0.2) is 0 Å². The van der Waals surface area contributed by atoms with E-state index in [2.05, 4.69) is 15.6 Å². The van der Waals surface area contributed by atoms with Crippen molar-refractivity contribution < 1.29 is 9.59 Å². The molecule has 0 bridgehead atoms. The summed E-state index contributed by atoms with van der Waals surface area (Å²) >= 11 is 1.43. The molecular formula is C15H18N4O2S. The Balaban J connectivity index is 1.97. The van der Waals surface area contributed by atoms with E-state index in [-0.39, 0.29) is 11.8 Å². The Morgan fingerprint density at radius 2 is 2.14 bits per heavy atom. The highest BCUT2D eigenvalue weighted by Gasteiger charge is 2.10. The lowest BCUT2D eigenvalue weighted by Gasteiger charge is -2.06. The second-order valence-electron chi connectivity index (χ2n) is 4.63. The van der Waals surface area contributed by atoms with Crippen molar-refractivity contribution in [2.45, 2.75) is 13.0 Å². The molecule has 6 nitrogen and oxygen atoms in total. The lowest BCUT2D eigenvalue weighted by molar-refractivity contribution is 0.0944. The number of aromatic nitrogens is 1. The first-order chi connectivity index (χ1) is 10.6. The van der Waals surface area contributed by atoms with E-state index in [1.54, 1.807) is 30.6 Å². The van der Waals surface area contributed by atoms with Gasteiger partial charge in [0.2, 0.25) is 0 Å². The fourth-order valence-corrected chi connectivity index (χ4v) is 2.69. The van der Waals surface area contributed by atoms with Gasteiger partial charge in [-0.05, 0) is 24.2 Å². The van der Waals surface area contributed by atoms with E-state index in [0.717, 1.165) is 10.6 Å². The van der Waals surface area contributed by atoms with E-state index >= 15 is 0 Å². The van der Waals surface area contributed by atoms with Crippen LogP contribution in [0, 0.1) is 0 Å². The van der Waals surface area contributed by atoms with Gasteiger partial charge < -0.3 is 16.4 Å². The fourth-order valence-electron chi connectivity index (χ4n) is 1.89. The van der Waals surface area contributed by atoms with E-state index in [0.29, 0.717) is 30.8 Å². The molecule has 0 aliphatic carbocycles. The molecule has 2 aromatic rings. The number of carbonyl (C=O) groups is 2. The molecule has 1 aromatic carbocycles. The summed E-state index contributed by atoms with van der Waals surface area (Å²) in [5.74, 6) is -0.385. The third-order valence-corrected chi connectivity index (χ3v) is 3.92. The first kappa shape index (κ1) is 16.1. The van der Waals surface area contributed by atoms with Crippen LogP contribution in [0.4, 0.5) is 0 Å². The first-order valence-electron chi connectivity index (χ1n) is 6.87. The summed E-state index contributed by atoms with van der Waals surface area (Å²) in [5.41, 5.74) is 7.28. The number of hydrogen-bond acceptors (Lipinski definition) is 5. The van der Waals surface area contributed by atoms with Gasteiger partial charge in [-0.25, -0.2) is 4.98 Å². The summed E-state index contributed by atoms with van der Waals surface area (Å²) in [6.45, 7) is 0.855. The topological polar surface area (TPSA) is 97.1 Å². The maximum atomic E-state index is 12.0. The molecule has 2 rings (SSSR count). The summed E-state index contributed by atoms with van der Waals surface area (Å²) < 4.78 is 0. The molecule has 1 heterocycles. The molecule has 0 spiro atoms. The summed E-state index contributed by atoms with van der Waals surface area (Å²) in [6.07, 6.45) is 0.673. The summed E-state index contributed by atoms with van der Waals surface area (Å²) in [4.78, 5) is 27.8. The molecule has 0 fully saturated rings. The Morgan fingerprint density at radius 1 is 1.32 bits per heavy atom. The van der Waals surface area contributed by atoms with Crippen LogP contribution in [0.1, 0.15) is 31.4 Å². The fraction of sp³-hybridized carbons (Fsp3) is 0.267. The van der Waals surface area contributed by atoms with Crippen LogP contribution in [0.15, 0.2) is 29.6 Å². The third-order valence-electron chi connectivity index (χ3n) is 3.01. The lowest BCUT2D eigenvalue weighted by Crippen LogP contribution is -2.23. The standard InChI is InChI=1S/C15H18N4O2S/c1-17-14(20)11-4-2-3-10(7-11)8-18-15(21)12-9-22-13(19-12)5-6-16/h2-4,7,9H,5-6,8,16H2,1H3,(H,17,20)(H,18,21). The quantitative estimate of drug-likeness (QED) is 0.738. The van der Waals surface area contributed by atoms with Crippen molar-refractivity contribution in [1.82, 2.24) is 15.6 Å². The number of nitrogens with zero attached hydrogens (tertiary/aromatic N) is 1. The molecule has 0 aliphatic heterocycles. The number of amides is 2. The zero-order valence-corrected chi connectivity index (χ0v) is 13.1. The van der Waals surface area contributed by atoms with E-state index in [4.69, 9.17) is 5.73 Å². The van der Waals surface area contributed by atoms with Crippen LogP contribution < -0.4 is 16.4 Å². The number of benzene rings is 1. The van der Waals surface area contributed by atoms with Crippen LogP contribution >= 0.6 is 11.3 Å². The van der Waals surface area contributed by atoms with Gasteiger partial charge in [-0.3, -0.25) is 9.59 Å². The van der Waals surface area contributed by atoms with Crippen molar-refractivity contribution in [2.24, 2.45) is 5.73 Å². The maximum Gasteiger partial charge on any atom is 0.271 e. The van der Waals surface area contributed by atoms with Crippen LogP contribution in [-0.2, 0) is 13.0 Å². The Bertz CT molecular complexity index is 669. The van der Waals surface area contributed by atoms with Crippen molar-refractivity contribution in [1.29, 1.82) is 0 Å². The van der Waals surface area contributed by atoms with Gasteiger partial charge in [0, 0.05) is 31.0 Å². The van der Waals surface area contributed by atoms with Crippen LogP contribution in [0.3, 0.4) is 0 Å². The number of thiazole rings is 1. The molecule has 0 radical (unpaired) electrons. The molecule has 0 unspecified atom stereocenters. The molecule has 7 heteroatoms. The minimum atomic E-state index is -0.232. The second-order valence-corrected chi connectivity index (χ2v) is 5.57. The van der Waals surface area contributed by atoms with E-state index in [1.807, 2.05) is 6.07 Å². The van der Waals surface area contributed by atoms with Crippen LogP contribution in [-0.4, -0.2) is 30.4 Å². The zero-order valence-electron chi connectivity index (χ0n) is 12.3. The molecule has 0 atom stereocenters. The minimum Gasteiger partial charge on any atom is -0.355 e. The monoisotopic (exact) mass is 318 g/mol. The number of hydrogen-bond donors (Lipinski definition) is 3. The minimum absolute atomic E-state index is 0.154. The van der Waals surface area contributed by atoms with Crippen LogP contribution in [0.25, 0.3) is 0 Å². The van der Waals surface area contributed by atoms with Gasteiger partial charge in [-0.15, -0.1) is 11.3 Å². The molecule has 116 valence electrons. The molecule has 4 N–H and O–H groups in total. The number of nitrogens with two attached hydrogens (primary N) is 1. The molecule has 22 heavy (non-hydrogen) atoms. The second kappa shape index (κ2) is 7.67. The zero-order chi connectivity index (χ0) is 15.9. The number of rotatable bonds is 6. The summed E-state index contributed by atoms with van der Waals surface area (Å²) in [6, 6.07) is 7.12. The van der Waals surface area contributed by atoms with E-state index in [1.165, 1.54) is 11.3 Å². The highest BCUT2D eigenvalue weighted by molar-refractivity contribution is 7.09. The molecule has 1 aromatic heterocycles. The highest BCUT2D eigenvalue weighted by Crippen LogP contribution is 2.10. The van der Waals surface area contributed by atoms with Gasteiger partial charge in [-0.1, -0.05) is 12.1 Å². The van der Waals surface area contributed by atoms with Crippen molar-refractivity contribution in [3.8, 4) is 0 Å².